The van der Waals surface area contributed by atoms with Gasteiger partial charge in [-0.3, -0.25) is 4.79 Å². The number of alkyl halides is 1. The third kappa shape index (κ3) is 4.38. The molecule has 0 aliphatic heterocycles. The van der Waals surface area contributed by atoms with E-state index in [0.717, 1.165) is 19.4 Å². The topological polar surface area (TPSA) is 46.9 Å². The van der Waals surface area contributed by atoms with E-state index >= 15 is 0 Å². The van der Waals surface area contributed by atoms with Gasteiger partial charge in [0.25, 0.3) is 5.56 Å². The first-order valence-electron chi connectivity index (χ1n) is 6.00. The van der Waals surface area contributed by atoms with Crippen LogP contribution in [0.4, 0.5) is 5.82 Å². The fourth-order valence-corrected chi connectivity index (χ4v) is 2.01. The Morgan fingerprint density at radius 1 is 1.53 bits per heavy atom. The minimum atomic E-state index is -0.0663. The molecule has 0 amide bonds. The van der Waals surface area contributed by atoms with Crippen molar-refractivity contribution in [1.29, 1.82) is 0 Å². The van der Waals surface area contributed by atoms with Crippen LogP contribution in [-0.2, 0) is 6.54 Å². The lowest BCUT2D eigenvalue weighted by Gasteiger charge is -2.15. The van der Waals surface area contributed by atoms with Gasteiger partial charge in [0.2, 0.25) is 0 Å². The smallest absolute Gasteiger partial charge is 0.293 e. The first kappa shape index (κ1) is 14.0. The zero-order chi connectivity index (χ0) is 12.8. The Hall–Kier alpha value is -1.03. The highest BCUT2D eigenvalue weighted by Crippen LogP contribution is 2.07. The summed E-state index contributed by atoms with van der Waals surface area (Å²) in [5, 5.41) is 3.19. The molecular formula is C12H20ClN3O. The fourth-order valence-electron chi connectivity index (χ4n) is 1.74. The quantitative estimate of drug-likeness (QED) is 0.797. The van der Waals surface area contributed by atoms with Crippen LogP contribution in [0.25, 0.3) is 0 Å². The van der Waals surface area contributed by atoms with Crippen molar-refractivity contribution in [3.05, 3.63) is 22.7 Å². The summed E-state index contributed by atoms with van der Waals surface area (Å²) >= 11 is 5.92. The molecule has 0 aliphatic carbocycles. The van der Waals surface area contributed by atoms with E-state index in [1.54, 1.807) is 17.0 Å². The predicted molar refractivity (Wildman–Crippen MR) is 71.8 cm³/mol. The maximum atomic E-state index is 12.0. The maximum absolute atomic E-state index is 12.0. The first-order chi connectivity index (χ1) is 8.04. The van der Waals surface area contributed by atoms with Gasteiger partial charge >= 0.3 is 0 Å². The van der Waals surface area contributed by atoms with Crippen molar-refractivity contribution in [2.45, 2.75) is 51.6 Å². The molecule has 0 saturated heterocycles. The minimum Gasteiger partial charge on any atom is -0.363 e. The number of hydrogen-bond donors (Lipinski definition) is 1. The van der Waals surface area contributed by atoms with Crippen molar-refractivity contribution in [1.82, 2.24) is 9.55 Å². The number of aryl methyl sites for hydroxylation is 1. The molecule has 96 valence electrons. The van der Waals surface area contributed by atoms with E-state index < -0.39 is 0 Å². The van der Waals surface area contributed by atoms with E-state index in [1.807, 2.05) is 20.8 Å². The summed E-state index contributed by atoms with van der Waals surface area (Å²) in [6, 6.07) is 0.139. The van der Waals surface area contributed by atoms with Gasteiger partial charge in [-0.2, -0.15) is 0 Å². The highest BCUT2D eigenvalue weighted by atomic mass is 35.5. The van der Waals surface area contributed by atoms with Crippen molar-refractivity contribution >= 4 is 17.4 Å². The minimum absolute atomic E-state index is 0.0663. The molecule has 1 heterocycles. The Morgan fingerprint density at radius 2 is 2.24 bits per heavy atom. The lowest BCUT2D eigenvalue weighted by molar-refractivity contribution is 0.642. The van der Waals surface area contributed by atoms with Crippen LogP contribution in [0.1, 0.15) is 33.6 Å². The molecule has 1 aromatic heterocycles. The van der Waals surface area contributed by atoms with E-state index in [9.17, 15) is 4.79 Å². The van der Waals surface area contributed by atoms with Crippen molar-refractivity contribution in [3.8, 4) is 0 Å². The lowest BCUT2D eigenvalue weighted by Crippen LogP contribution is -2.28. The Bertz CT molecular complexity index is 403. The number of anilines is 1. The molecule has 0 fully saturated rings. The van der Waals surface area contributed by atoms with Gasteiger partial charge in [0, 0.05) is 30.4 Å². The van der Waals surface area contributed by atoms with Crippen molar-refractivity contribution in [3.63, 3.8) is 0 Å². The Morgan fingerprint density at radius 3 is 2.82 bits per heavy atom. The summed E-state index contributed by atoms with van der Waals surface area (Å²) < 4.78 is 1.67. The van der Waals surface area contributed by atoms with Gasteiger partial charge in [-0.15, -0.1) is 11.6 Å². The molecule has 2 atom stereocenters. The van der Waals surface area contributed by atoms with Gasteiger partial charge in [-0.05, 0) is 26.7 Å². The number of aromatic nitrogens is 2. The molecule has 4 nitrogen and oxygen atoms in total. The van der Waals surface area contributed by atoms with Crippen LogP contribution in [0.3, 0.4) is 0 Å². The average Bonchev–Trinajstić information content (AvgIpc) is 2.23. The molecule has 1 rings (SSSR count). The molecule has 1 N–H and O–H groups in total. The molecular weight excluding hydrogens is 238 g/mol. The molecule has 0 aromatic carbocycles. The normalized spacial score (nSPS) is 14.4. The Kier molecular flexibility index (Phi) is 5.48. The number of hydrogen-bond acceptors (Lipinski definition) is 3. The SMILES string of the molecule is CCCn1ccnc(NC(C)CC(C)Cl)c1=O. The monoisotopic (exact) mass is 257 g/mol. The predicted octanol–water partition coefficient (Wildman–Crippen LogP) is 2.47. The molecule has 1 aromatic rings. The van der Waals surface area contributed by atoms with Crippen LogP contribution >= 0.6 is 11.6 Å². The van der Waals surface area contributed by atoms with Gasteiger partial charge in [-0.25, -0.2) is 4.98 Å². The molecule has 2 unspecified atom stereocenters. The Balaban J connectivity index is 2.77. The van der Waals surface area contributed by atoms with Crippen LogP contribution in [0.15, 0.2) is 17.2 Å². The van der Waals surface area contributed by atoms with E-state index in [0.29, 0.717) is 5.82 Å². The van der Waals surface area contributed by atoms with Crippen molar-refractivity contribution < 1.29 is 0 Å². The van der Waals surface area contributed by atoms with Crippen LogP contribution in [0, 0.1) is 0 Å². The van der Waals surface area contributed by atoms with Crippen LogP contribution in [0.2, 0.25) is 0 Å². The van der Waals surface area contributed by atoms with Gasteiger partial charge in [-0.1, -0.05) is 6.92 Å². The molecule has 0 spiro atoms. The number of halogens is 1. The van der Waals surface area contributed by atoms with E-state index in [1.165, 1.54) is 0 Å². The van der Waals surface area contributed by atoms with Crippen molar-refractivity contribution in [2.75, 3.05) is 5.32 Å². The van der Waals surface area contributed by atoms with Gasteiger partial charge in [0.1, 0.15) is 0 Å². The fraction of sp³-hybridized carbons (Fsp3) is 0.667. The van der Waals surface area contributed by atoms with Gasteiger partial charge in [0.15, 0.2) is 5.82 Å². The largest absolute Gasteiger partial charge is 0.363 e. The third-order valence-corrected chi connectivity index (χ3v) is 2.62. The lowest BCUT2D eigenvalue weighted by atomic mass is 10.2. The molecule has 0 radical (unpaired) electrons. The molecule has 17 heavy (non-hydrogen) atoms. The second kappa shape index (κ2) is 6.64. The van der Waals surface area contributed by atoms with Crippen LogP contribution in [-0.4, -0.2) is 21.0 Å². The summed E-state index contributed by atoms with van der Waals surface area (Å²) in [6.07, 6.45) is 5.09. The summed E-state index contributed by atoms with van der Waals surface area (Å²) in [6.45, 7) is 6.69. The first-order valence-corrected chi connectivity index (χ1v) is 6.44. The van der Waals surface area contributed by atoms with Crippen LogP contribution in [0.5, 0.6) is 0 Å². The standard InChI is InChI=1S/C12H20ClN3O/c1-4-6-16-7-5-14-11(12(16)17)15-10(3)8-9(2)13/h5,7,9-10H,4,6,8H2,1-3H3,(H,14,15). The highest BCUT2D eigenvalue weighted by molar-refractivity contribution is 6.20. The number of rotatable bonds is 6. The summed E-state index contributed by atoms with van der Waals surface area (Å²) in [7, 11) is 0. The maximum Gasteiger partial charge on any atom is 0.293 e. The summed E-state index contributed by atoms with van der Waals surface area (Å²) in [4.78, 5) is 16.1. The average molecular weight is 258 g/mol. The Labute approximate surface area is 107 Å². The highest BCUT2D eigenvalue weighted by Gasteiger charge is 2.10. The zero-order valence-electron chi connectivity index (χ0n) is 10.6. The second-order valence-electron chi connectivity index (χ2n) is 4.34. The number of nitrogens with one attached hydrogen (secondary N) is 1. The number of nitrogens with zero attached hydrogens (tertiary/aromatic N) is 2. The zero-order valence-corrected chi connectivity index (χ0v) is 11.4. The van der Waals surface area contributed by atoms with E-state index in [-0.39, 0.29) is 17.0 Å². The van der Waals surface area contributed by atoms with E-state index in [4.69, 9.17) is 11.6 Å². The van der Waals surface area contributed by atoms with Gasteiger partial charge < -0.3 is 9.88 Å². The summed E-state index contributed by atoms with van der Waals surface area (Å²) in [5.41, 5.74) is -0.0663. The molecule has 0 bridgehead atoms. The molecule has 5 heteroatoms. The van der Waals surface area contributed by atoms with Gasteiger partial charge in [0.05, 0.1) is 0 Å². The van der Waals surface area contributed by atoms with E-state index in [2.05, 4.69) is 10.3 Å². The molecule has 0 saturated carbocycles. The third-order valence-electron chi connectivity index (χ3n) is 2.44. The second-order valence-corrected chi connectivity index (χ2v) is 5.08. The summed E-state index contributed by atoms with van der Waals surface area (Å²) in [5.74, 6) is 0.408. The van der Waals surface area contributed by atoms with Crippen molar-refractivity contribution in [2.24, 2.45) is 0 Å². The van der Waals surface area contributed by atoms with Crippen LogP contribution < -0.4 is 10.9 Å². The molecule has 0 aliphatic rings.